The molecule has 35 heavy (non-hydrogen) atoms. The average molecular weight is 499 g/mol. The van der Waals surface area contributed by atoms with Gasteiger partial charge in [0.1, 0.15) is 11.5 Å². The van der Waals surface area contributed by atoms with Crippen molar-refractivity contribution in [3.8, 4) is 11.5 Å². The molecular weight excluding hydrogens is 476 g/mol. The Morgan fingerprint density at radius 1 is 0.857 bits per heavy atom. The highest BCUT2D eigenvalue weighted by Crippen LogP contribution is 2.20. The number of ether oxygens (including phenoxy) is 3. The van der Waals surface area contributed by atoms with E-state index in [0.717, 1.165) is 6.07 Å². The molecule has 0 heterocycles. The van der Waals surface area contributed by atoms with Crippen LogP contribution in [-0.4, -0.2) is 47.0 Å². The van der Waals surface area contributed by atoms with Crippen LogP contribution in [0.2, 0.25) is 0 Å². The van der Waals surface area contributed by atoms with Gasteiger partial charge in [0, 0.05) is 5.69 Å². The SMILES string of the molecule is COc1ccc(NS(=O)(=O)c2cccc(C(=O)OCC(=O)NC(=O)c3ccccc3OC)c2)cc1. The molecule has 0 unspecified atom stereocenters. The third-order valence-electron chi connectivity index (χ3n) is 4.66. The van der Waals surface area contributed by atoms with Gasteiger partial charge in [-0.05, 0) is 54.6 Å². The Kier molecular flexibility index (Phi) is 8.05. The molecule has 0 fully saturated rings. The van der Waals surface area contributed by atoms with Gasteiger partial charge in [-0.1, -0.05) is 18.2 Å². The minimum atomic E-state index is -4.01. The quantitative estimate of drug-likeness (QED) is 0.430. The number of hydrogen-bond acceptors (Lipinski definition) is 8. The summed E-state index contributed by atoms with van der Waals surface area (Å²) in [6.45, 7) is -0.749. The van der Waals surface area contributed by atoms with Crippen molar-refractivity contribution < 1.29 is 37.0 Å². The topological polar surface area (TPSA) is 137 Å². The summed E-state index contributed by atoms with van der Waals surface area (Å²) >= 11 is 0. The molecule has 3 rings (SSSR count). The van der Waals surface area contributed by atoms with Crippen LogP contribution in [0.25, 0.3) is 0 Å². The van der Waals surface area contributed by atoms with E-state index in [4.69, 9.17) is 14.2 Å². The van der Waals surface area contributed by atoms with Crippen LogP contribution in [0.15, 0.2) is 77.7 Å². The molecular formula is C24H22N2O8S. The molecule has 10 nitrogen and oxygen atoms in total. The number of benzene rings is 3. The summed E-state index contributed by atoms with van der Waals surface area (Å²) in [4.78, 5) is 36.5. The first-order valence-electron chi connectivity index (χ1n) is 10.1. The standard InChI is InChI=1S/C24H22N2O8S/c1-32-18-12-10-17(11-13-18)26-35(30,31)19-7-5-6-16(14-19)24(29)34-15-22(27)25-23(28)20-8-3-4-9-21(20)33-2/h3-14,26H,15H2,1-2H3,(H,25,27,28). The fraction of sp³-hybridized carbons (Fsp3) is 0.125. The second-order valence-corrected chi connectivity index (χ2v) is 8.70. The smallest absolute Gasteiger partial charge is 0.338 e. The number of imide groups is 1. The minimum Gasteiger partial charge on any atom is -0.497 e. The zero-order valence-electron chi connectivity index (χ0n) is 18.8. The molecule has 0 saturated carbocycles. The van der Waals surface area contributed by atoms with Crippen LogP contribution >= 0.6 is 0 Å². The van der Waals surface area contributed by atoms with E-state index in [0.29, 0.717) is 11.4 Å². The van der Waals surface area contributed by atoms with Crippen molar-refractivity contribution in [1.82, 2.24) is 5.32 Å². The molecule has 11 heteroatoms. The van der Waals surface area contributed by atoms with Gasteiger partial charge in [0.15, 0.2) is 6.61 Å². The number of para-hydroxylation sites is 1. The first kappa shape index (κ1) is 25.2. The van der Waals surface area contributed by atoms with Crippen molar-refractivity contribution in [3.05, 3.63) is 83.9 Å². The second-order valence-electron chi connectivity index (χ2n) is 7.02. The number of anilines is 1. The Morgan fingerprint density at radius 2 is 1.57 bits per heavy atom. The molecule has 3 aromatic carbocycles. The van der Waals surface area contributed by atoms with Gasteiger partial charge < -0.3 is 14.2 Å². The van der Waals surface area contributed by atoms with Crippen LogP contribution in [0.4, 0.5) is 5.69 Å². The summed E-state index contributed by atoms with van der Waals surface area (Å²) in [5.41, 5.74) is 0.346. The van der Waals surface area contributed by atoms with E-state index < -0.39 is 34.4 Å². The number of methoxy groups -OCH3 is 2. The van der Waals surface area contributed by atoms with Crippen molar-refractivity contribution in [1.29, 1.82) is 0 Å². The van der Waals surface area contributed by atoms with E-state index in [1.165, 1.54) is 50.6 Å². The molecule has 0 saturated heterocycles. The van der Waals surface area contributed by atoms with E-state index >= 15 is 0 Å². The van der Waals surface area contributed by atoms with Crippen molar-refractivity contribution >= 4 is 33.5 Å². The Labute approximate surface area is 201 Å². The lowest BCUT2D eigenvalue weighted by atomic mass is 10.2. The van der Waals surface area contributed by atoms with Crippen LogP contribution in [0, 0.1) is 0 Å². The van der Waals surface area contributed by atoms with Crippen LogP contribution in [0.3, 0.4) is 0 Å². The van der Waals surface area contributed by atoms with Gasteiger partial charge >= 0.3 is 5.97 Å². The number of sulfonamides is 1. The number of rotatable bonds is 9. The van der Waals surface area contributed by atoms with Gasteiger partial charge in [0.25, 0.3) is 21.8 Å². The lowest BCUT2D eigenvalue weighted by Gasteiger charge is -2.10. The number of hydrogen-bond donors (Lipinski definition) is 2. The lowest BCUT2D eigenvalue weighted by Crippen LogP contribution is -2.34. The van der Waals surface area contributed by atoms with Crippen molar-refractivity contribution in [2.24, 2.45) is 0 Å². The Bertz CT molecular complexity index is 1340. The Morgan fingerprint density at radius 3 is 2.26 bits per heavy atom. The minimum absolute atomic E-state index is 0.0912. The van der Waals surface area contributed by atoms with Gasteiger partial charge in [-0.25, -0.2) is 13.2 Å². The number of nitrogens with one attached hydrogen (secondary N) is 2. The van der Waals surface area contributed by atoms with E-state index in [1.54, 1.807) is 30.3 Å². The maximum absolute atomic E-state index is 12.7. The summed E-state index contributed by atoms with van der Waals surface area (Å²) in [6, 6.07) is 17.7. The second kappa shape index (κ2) is 11.2. The highest BCUT2D eigenvalue weighted by atomic mass is 32.2. The fourth-order valence-corrected chi connectivity index (χ4v) is 4.04. The summed E-state index contributed by atoms with van der Waals surface area (Å²) in [5.74, 6) is -1.69. The highest BCUT2D eigenvalue weighted by molar-refractivity contribution is 7.92. The molecule has 0 spiro atoms. The zero-order chi connectivity index (χ0) is 25.4. The predicted molar refractivity (Wildman–Crippen MR) is 126 cm³/mol. The van der Waals surface area contributed by atoms with Gasteiger partial charge in [0.05, 0.1) is 30.2 Å². The van der Waals surface area contributed by atoms with Crippen LogP contribution in [0.5, 0.6) is 11.5 Å². The predicted octanol–water partition coefficient (Wildman–Crippen LogP) is 2.62. The summed E-state index contributed by atoms with van der Waals surface area (Å²) in [5, 5.41) is 2.10. The Hall–Kier alpha value is -4.38. The van der Waals surface area contributed by atoms with E-state index in [-0.39, 0.29) is 21.8 Å². The molecule has 2 amide bonds. The van der Waals surface area contributed by atoms with Crippen LogP contribution in [-0.2, 0) is 19.6 Å². The average Bonchev–Trinajstić information content (AvgIpc) is 2.87. The maximum Gasteiger partial charge on any atom is 0.338 e. The van der Waals surface area contributed by atoms with Gasteiger partial charge in [-0.2, -0.15) is 0 Å². The molecule has 182 valence electrons. The van der Waals surface area contributed by atoms with Gasteiger partial charge in [0.2, 0.25) is 0 Å². The van der Waals surface area contributed by atoms with Crippen molar-refractivity contribution in [2.45, 2.75) is 4.90 Å². The fourth-order valence-electron chi connectivity index (χ4n) is 2.94. The molecule has 2 N–H and O–H groups in total. The maximum atomic E-state index is 12.7. The van der Waals surface area contributed by atoms with Gasteiger partial charge in [-0.3, -0.25) is 19.6 Å². The normalized spacial score (nSPS) is 10.7. The molecule has 3 aromatic rings. The molecule has 0 aliphatic rings. The van der Waals surface area contributed by atoms with Crippen LogP contribution < -0.4 is 19.5 Å². The number of carbonyl (C=O) groups is 3. The summed E-state index contributed by atoms with van der Waals surface area (Å²) in [6.07, 6.45) is 0. The number of amides is 2. The van der Waals surface area contributed by atoms with E-state index in [2.05, 4.69) is 10.0 Å². The molecule has 0 atom stereocenters. The van der Waals surface area contributed by atoms with E-state index in [9.17, 15) is 22.8 Å². The first-order chi connectivity index (χ1) is 16.7. The van der Waals surface area contributed by atoms with Gasteiger partial charge in [-0.15, -0.1) is 0 Å². The van der Waals surface area contributed by atoms with Crippen molar-refractivity contribution in [3.63, 3.8) is 0 Å². The lowest BCUT2D eigenvalue weighted by molar-refractivity contribution is -0.123. The van der Waals surface area contributed by atoms with E-state index in [1.807, 2.05) is 0 Å². The third kappa shape index (κ3) is 6.58. The molecule has 0 aliphatic carbocycles. The monoisotopic (exact) mass is 498 g/mol. The molecule has 0 radical (unpaired) electrons. The number of carbonyl (C=O) groups excluding carboxylic acids is 3. The molecule has 0 aromatic heterocycles. The third-order valence-corrected chi connectivity index (χ3v) is 6.04. The molecule has 0 bridgehead atoms. The summed E-state index contributed by atoms with van der Waals surface area (Å²) in [7, 11) is -1.13. The Balaban J connectivity index is 1.62. The largest absolute Gasteiger partial charge is 0.497 e. The highest BCUT2D eigenvalue weighted by Gasteiger charge is 2.19. The summed E-state index contributed by atoms with van der Waals surface area (Å²) < 4.78 is 42.8. The van der Waals surface area contributed by atoms with Crippen molar-refractivity contribution in [2.75, 3.05) is 25.5 Å². The number of esters is 1. The zero-order valence-corrected chi connectivity index (χ0v) is 19.6. The first-order valence-corrected chi connectivity index (χ1v) is 11.6. The molecule has 0 aliphatic heterocycles. The van der Waals surface area contributed by atoms with Crippen LogP contribution in [0.1, 0.15) is 20.7 Å².